The number of nitrogens with zero attached hydrogens (tertiary/aromatic N) is 4. The van der Waals surface area contributed by atoms with E-state index in [4.69, 9.17) is 0 Å². The molecule has 0 aliphatic carbocycles. The number of nitro benzene ring substituents is 1. The Labute approximate surface area is 151 Å². The van der Waals surface area contributed by atoms with Crippen molar-refractivity contribution >= 4 is 15.7 Å². The summed E-state index contributed by atoms with van der Waals surface area (Å²) in [6.07, 6.45) is -4.36. The topological polar surface area (TPSA) is 119 Å². The minimum atomic E-state index is -4.74. The minimum absolute atomic E-state index is 0.0133. The number of sulfonamides is 1. The number of hydrogen-bond donors (Lipinski definition) is 0. The van der Waals surface area contributed by atoms with Crippen LogP contribution in [0.3, 0.4) is 0 Å². The molecule has 1 aromatic heterocycles. The lowest BCUT2D eigenvalue weighted by Crippen LogP contribution is -2.38. The second kappa shape index (κ2) is 6.88. The SMILES string of the molecule is O=[N+]([O-])c1cccc(S(=O)(=O)N2CCC(c3nnc(C(F)(F)F)o3)CC2)c1. The van der Waals surface area contributed by atoms with Crippen molar-refractivity contribution < 1.29 is 30.9 Å². The van der Waals surface area contributed by atoms with Gasteiger partial charge in [0.25, 0.3) is 5.69 Å². The van der Waals surface area contributed by atoms with Crippen molar-refractivity contribution in [3.05, 3.63) is 46.2 Å². The van der Waals surface area contributed by atoms with Gasteiger partial charge in [-0.15, -0.1) is 10.2 Å². The van der Waals surface area contributed by atoms with Gasteiger partial charge in [-0.05, 0) is 18.9 Å². The summed E-state index contributed by atoms with van der Waals surface area (Å²) >= 11 is 0. The van der Waals surface area contributed by atoms with Gasteiger partial charge < -0.3 is 4.42 Å². The lowest BCUT2D eigenvalue weighted by atomic mass is 9.98. The number of alkyl halides is 3. The summed E-state index contributed by atoms with van der Waals surface area (Å²) in [7, 11) is -3.96. The summed E-state index contributed by atoms with van der Waals surface area (Å²) in [5.41, 5.74) is -0.350. The Bertz CT molecular complexity index is 952. The number of hydrogen-bond acceptors (Lipinski definition) is 7. The van der Waals surface area contributed by atoms with E-state index in [-0.39, 0.29) is 42.4 Å². The molecule has 0 N–H and O–H groups in total. The van der Waals surface area contributed by atoms with Gasteiger partial charge in [0.2, 0.25) is 15.9 Å². The smallest absolute Gasteiger partial charge is 0.417 e. The number of benzene rings is 1. The molecule has 27 heavy (non-hydrogen) atoms. The maximum absolute atomic E-state index is 12.6. The zero-order valence-electron chi connectivity index (χ0n) is 13.6. The van der Waals surface area contributed by atoms with Crippen molar-refractivity contribution in [1.82, 2.24) is 14.5 Å². The van der Waals surface area contributed by atoms with E-state index in [1.54, 1.807) is 0 Å². The first kappa shape index (κ1) is 19.2. The van der Waals surface area contributed by atoms with Crippen molar-refractivity contribution in [1.29, 1.82) is 0 Å². The predicted octanol–water partition coefficient (Wildman–Crippen LogP) is 2.56. The summed E-state index contributed by atoms with van der Waals surface area (Å²) in [5.74, 6) is -2.12. The van der Waals surface area contributed by atoms with Crippen LogP contribution in [0.15, 0.2) is 33.6 Å². The van der Waals surface area contributed by atoms with E-state index in [1.807, 2.05) is 0 Å². The van der Waals surface area contributed by atoms with Crippen molar-refractivity contribution in [2.45, 2.75) is 29.8 Å². The Morgan fingerprint density at radius 1 is 1.22 bits per heavy atom. The molecule has 1 aliphatic rings. The van der Waals surface area contributed by atoms with Gasteiger partial charge in [0, 0.05) is 31.1 Å². The third-order valence-electron chi connectivity index (χ3n) is 4.15. The normalized spacial score (nSPS) is 17.1. The Morgan fingerprint density at radius 2 is 1.89 bits per heavy atom. The van der Waals surface area contributed by atoms with Crippen LogP contribution in [0.25, 0.3) is 0 Å². The number of nitro groups is 1. The van der Waals surface area contributed by atoms with E-state index in [1.165, 1.54) is 18.2 Å². The molecule has 0 saturated carbocycles. The summed E-state index contributed by atoms with van der Waals surface area (Å²) in [6, 6.07) is 4.67. The fourth-order valence-corrected chi connectivity index (χ4v) is 4.27. The number of piperidine rings is 1. The molecular formula is C14H13F3N4O5S. The van der Waals surface area contributed by atoms with Crippen LogP contribution in [0.5, 0.6) is 0 Å². The van der Waals surface area contributed by atoms with Crippen LogP contribution in [-0.4, -0.2) is 40.9 Å². The van der Waals surface area contributed by atoms with E-state index in [2.05, 4.69) is 14.6 Å². The van der Waals surface area contributed by atoms with Crippen LogP contribution in [0.2, 0.25) is 0 Å². The second-order valence-electron chi connectivity index (χ2n) is 5.88. The monoisotopic (exact) mass is 406 g/mol. The summed E-state index contributed by atoms with van der Waals surface area (Å²) in [4.78, 5) is 9.91. The van der Waals surface area contributed by atoms with E-state index in [0.29, 0.717) is 0 Å². The van der Waals surface area contributed by atoms with Gasteiger partial charge in [-0.2, -0.15) is 17.5 Å². The molecule has 0 bridgehead atoms. The number of aromatic nitrogens is 2. The van der Waals surface area contributed by atoms with Gasteiger partial charge in [-0.3, -0.25) is 10.1 Å². The lowest BCUT2D eigenvalue weighted by Gasteiger charge is -2.29. The zero-order valence-corrected chi connectivity index (χ0v) is 14.4. The van der Waals surface area contributed by atoms with Gasteiger partial charge in [-0.25, -0.2) is 8.42 Å². The van der Waals surface area contributed by atoms with Gasteiger partial charge in [-0.1, -0.05) is 6.07 Å². The van der Waals surface area contributed by atoms with Crippen molar-refractivity contribution in [3.63, 3.8) is 0 Å². The highest BCUT2D eigenvalue weighted by Gasteiger charge is 2.40. The Morgan fingerprint density at radius 3 is 2.44 bits per heavy atom. The second-order valence-corrected chi connectivity index (χ2v) is 7.81. The van der Waals surface area contributed by atoms with Crippen molar-refractivity contribution in [2.75, 3.05) is 13.1 Å². The Hall–Kier alpha value is -2.54. The first-order valence-electron chi connectivity index (χ1n) is 7.74. The summed E-state index contributed by atoms with van der Waals surface area (Å²) < 4.78 is 68.7. The quantitative estimate of drug-likeness (QED) is 0.565. The van der Waals surface area contributed by atoms with Crippen LogP contribution in [0.1, 0.15) is 30.5 Å². The van der Waals surface area contributed by atoms with E-state index in [0.717, 1.165) is 10.4 Å². The molecule has 2 heterocycles. The third kappa shape index (κ3) is 3.93. The molecule has 1 aliphatic heterocycles. The fraction of sp³-hybridized carbons (Fsp3) is 0.429. The molecule has 1 fully saturated rings. The molecule has 146 valence electrons. The van der Waals surface area contributed by atoms with Gasteiger partial charge in [0.1, 0.15) is 0 Å². The number of rotatable bonds is 4. The molecule has 0 unspecified atom stereocenters. The first-order valence-corrected chi connectivity index (χ1v) is 9.18. The van der Waals surface area contributed by atoms with Gasteiger partial charge in [0.15, 0.2) is 0 Å². The molecule has 13 heteroatoms. The van der Waals surface area contributed by atoms with Crippen LogP contribution >= 0.6 is 0 Å². The highest BCUT2D eigenvalue weighted by molar-refractivity contribution is 7.89. The molecule has 2 aromatic rings. The highest BCUT2D eigenvalue weighted by atomic mass is 32.2. The van der Waals surface area contributed by atoms with Crippen LogP contribution < -0.4 is 0 Å². The molecular weight excluding hydrogens is 393 g/mol. The Kier molecular flexibility index (Phi) is 4.90. The van der Waals surface area contributed by atoms with Crippen LogP contribution in [0, 0.1) is 10.1 Å². The van der Waals surface area contributed by atoms with E-state index < -0.39 is 32.9 Å². The molecule has 1 aromatic carbocycles. The van der Waals surface area contributed by atoms with Crippen LogP contribution in [-0.2, 0) is 16.2 Å². The fourth-order valence-electron chi connectivity index (χ4n) is 2.76. The molecule has 0 radical (unpaired) electrons. The molecule has 0 atom stereocenters. The van der Waals surface area contributed by atoms with Crippen molar-refractivity contribution in [2.24, 2.45) is 0 Å². The predicted molar refractivity (Wildman–Crippen MR) is 83.1 cm³/mol. The number of halogens is 3. The largest absolute Gasteiger partial charge is 0.470 e. The summed E-state index contributed by atoms with van der Waals surface area (Å²) in [6.45, 7) is 0.0266. The number of non-ortho nitro benzene ring substituents is 1. The van der Waals surface area contributed by atoms with Gasteiger partial charge >= 0.3 is 12.1 Å². The minimum Gasteiger partial charge on any atom is -0.417 e. The molecule has 9 nitrogen and oxygen atoms in total. The van der Waals surface area contributed by atoms with E-state index in [9.17, 15) is 31.7 Å². The first-order chi connectivity index (χ1) is 12.6. The highest BCUT2D eigenvalue weighted by Crippen LogP contribution is 2.34. The van der Waals surface area contributed by atoms with Gasteiger partial charge in [0.05, 0.1) is 9.82 Å². The van der Waals surface area contributed by atoms with E-state index >= 15 is 0 Å². The van der Waals surface area contributed by atoms with Crippen LogP contribution in [0.4, 0.5) is 18.9 Å². The zero-order chi connectivity index (χ0) is 19.8. The average molecular weight is 406 g/mol. The lowest BCUT2D eigenvalue weighted by molar-refractivity contribution is -0.385. The molecule has 3 rings (SSSR count). The third-order valence-corrected chi connectivity index (χ3v) is 6.05. The average Bonchev–Trinajstić information content (AvgIpc) is 3.12. The Balaban J connectivity index is 1.72. The van der Waals surface area contributed by atoms with Crippen molar-refractivity contribution in [3.8, 4) is 0 Å². The molecule has 1 saturated heterocycles. The summed E-state index contributed by atoms with van der Waals surface area (Å²) in [5, 5.41) is 17.2. The molecule has 0 amide bonds. The maximum atomic E-state index is 12.6. The standard InChI is InChI=1S/C14H13F3N4O5S/c15-14(16,17)13-19-18-12(26-13)9-4-6-20(7-5-9)27(24,25)11-3-1-2-10(8-11)21(22)23/h1-3,8-9H,4-7H2. The molecule has 0 spiro atoms. The maximum Gasteiger partial charge on any atom is 0.470 e.